The zero-order valence-corrected chi connectivity index (χ0v) is 17.1. The molecule has 1 saturated carbocycles. The fourth-order valence-electron chi connectivity index (χ4n) is 4.79. The molecule has 0 bridgehead atoms. The van der Waals surface area contributed by atoms with E-state index in [-0.39, 0.29) is 11.7 Å². The molecule has 1 aromatic carbocycles. The molecule has 0 spiro atoms. The first-order valence-corrected chi connectivity index (χ1v) is 10.4. The number of likely N-dealkylation sites (N-methyl/N-ethyl adjacent to an activating group) is 2. The molecular weight excluding hydrogens is 338 g/mol. The Morgan fingerprint density at radius 2 is 1.63 bits per heavy atom. The summed E-state index contributed by atoms with van der Waals surface area (Å²) >= 11 is 0. The first-order valence-electron chi connectivity index (χ1n) is 10.4. The van der Waals surface area contributed by atoms with Crippen LogP contribution in [0.5, 0.6) is 5.75 Å². The van der Waals surface area contributed by atoms with Crippen LogP contribution in [0.2, 0.25) is 0 Å². The van der Waals surface area contributed by atoms with E-state index < -0.39 is 0 Å². The van der Waals surface area contributed by atoms with Crippen LogP contribution in [-0.2, 0) is 11.2 Å². The lowest BCUT2D eigenvalue weighted by molar-refractivity contribution is -0.133. The van der Waals surface area contributed by atoms with Crippen LogP contribution >= 0.6 is 0 Å². The zero-order chi connectivity index (χ0) is 19.4. The van der Waals surface area contributed by atoms with Crippen LogP contribution in [0.4, 0.5) is 0 Å². The van der Waals surface area contributed by atoms with Gasteiger partial charge in [0.25, 0.3) is 0 Å². The number of phenols is 1. The van der Waals surface area contributed by atoms with Gasteiger partial charge >= 0.3 is 0 Å². The number of rotatable bonds is 5. The molecule has 1 heterocycles. The number of aromatic hydroxyl groups is 1. The number of carbonyl (C=O) groups is 1. The van der Waals surface area contributed by atoms with Gasteiger partial charge in [-0.05, 0) is 70.6 Å². The van der Waals surface area contributed by atoms with E-state index >= 15 is 0 Å². The Morgan fingerprint density at radius 3 is 2.26 bits per heavy atom. The molecule has 1 amide bonds. The second kappa shape index (κ2) is 9.07. The highest BCUT2D eigenvalue weighted by Crippen LogP contribution is 2.29. The van der Waals surface area contributed by atoms with Crippen LogP contribution in [0.3, 0.4) is 0 Å². The zero-order valence-electron chi connectivity index (χ0n) is 17.1. The number of nitrogens with zero attached hydrogens (tertiary/aromatic N) is 3. The van der Waals surface area contributed by atoms with Gasteiger partial charge in [0, 0.05) is 25.2 Å². The van der Waals surface area contributed by atoms with E-state index in [1.165, 1.54) is 45.2 Å². The second-order valence-electron chi connectivity index (χ2n) is 8.47. The number of piperidine rings is 1. The SMILES string of the molecule is CN1CCC(N(C)C2CCCCC2N(C)C(=O)Cc2ccc(O)cc2)CC1. The van der Waals surface area contributed by atoms with Crippen molar-refractivity contribution < 1.29 is 9.90 Å². The summed E-state index contributed by atoms with van der Waals surface area (Å²) in [5, 5.41) is 9.44. The summed E-state index contributed by atoms with van der Waals surface area (Å²) in [6.07, 6.45) is 7.60. The monoisotopic (exact) mass is 373 g/mol. The summed E-state index contributed by atoms with van der Waals surface area (Å²) in [7, 11) is 6.46. The topological polar surface area (TPSA) is 47.0 Å². The van der Waals surface area contributed by atoms with Crippen LogP contribution in [0.1, 0.15) is 44.1 Å². The summed E-state index contributed by atoms with van der Waals surface area (Å²) in [6, 6.07) is 8.37. The summed E-state index contributed by atoms with van der Waals surface area (Å²) in [4.78, 5) is 19.9. The third-order valence-corrected chi connectivity index (χ3v) is 6.66. The van der Waals surface area contributed by atoms with Crippen molar-refractivity contribution in [2.75, 3.05) is 34.2 Å². The molecule has 1 aliphatic heterocycles. The minimum atomic E-state index is 0.175. The Bertz CT molecular complexity index is 610. The van der Waals surface area contributed by atoms with Crippen LogP contribution in [0.15, 0.2) is 24.3 Å². The molecule has 1 saturated heterocycles. The van der Waals surface area contributed by atoms with Crippen molar-refractivity contribution in [2.45, 2.75) is 63.1 Å². The summed E-state index contributed by atoms with van der Waals surface area (Å²) in [5.74, 6) is 0.418. The van der Waals surface area contributed by atoms with Gasteiger partial charge in [-0.25, -0.2) is 0 Å². The lowest BCUT2D eigenvalue weighted by atomic mass is 9.86. The smallest absolute Gasteiger partial charge is 0.227 e. The van der Waals surface area contributed by atoms with Crippen molar-refractivity contribution in [3.63, 3.8) is 0 Å². The van der Waals surface area contributed by atoms with Gasteiger partial charge in [-0.2, -0.15) is 0 Å². The first kappa shape index (κ1) is 20.2. The van der Waals surface area contributed by atoms with Gasteiger partial charge in [0.2, 0.25) is 5.91 Å². The lowest BCUT2D eigenvalue weighted by Crippen LogP contribution is -2.56. The number of benzene rings is 1. The molecule has 0 radical (unpaired) electrons. The Labute approximate surface area is 163 Å². The maximum atomic E-state index is 12.9. The molecule has 1 N–H and O–H groups in total. The van der Waals surface area contributed by atoms with Crippen molar-refractivity contribution in [3.8, 4) is 5.75 Å². The average Bonchev–Trinajstić information content (AvgIpc) is 2.69. The van der Waals surface area contributed by atoms with Crippen LogP contribution < -0.4 is 0 Å². The highest BCUT2D eigenvalue weighted by Gasteiger charge is 2.36. The average molecular weight is 374 g/mol. The molecular formula is C22H35N3O2. The summed E-state index contributed by atoms with van der Waals surface area (Å²) in [6.45, 7) is 2.34. The standard InChI is InChI=1S/C22H35N3O2/c1-23-14-12-18(13-15-23)24(2)20-6-4-5-7-21(20)25(3)22(27)16-17-8-10-19(26)11-9-17/h8-11,18,20-21,26H,4-7,12-16H2,1-3H3. The highest BCUT2D eigenvalue weighted by atomic mass is 16.3. The summed E-state index contributed by atoms with van der Waals surface area (Å²) in [5.41, 5.74) is 0.959. The maximum absolute atomic E-state index is 12.9. The van der Waals surface area contributed by atoms with E-state index in [1.807, 2.05) is 24.1 Å². The number of hydrogen-bond donors (Lipinski definition) is 1. The highest BCUT2D eigenvalue weighted by molar-refractivity contribution is 5.79. The third-order valence-electron chi connectivity index (χ3n) is 6.66. The van der Waals surface area contributed by atoms with Crippen LogP contribution in [0, 0.1) is 0 Å². The molecule has 0 aromatic heterocycles. The summed E-state index contributed by atoms with van der Waals surface area (Å²) < 4.78 is 0. The molecule has 3 rings (SSSR count). The van der Waals surface area contributed by atoms with Gasteiger partial charge in [0.15, 0.2) is 0 Å². The molecule has 5 heteroatoms. The lowest BCUT2D eigenvalue weighted by Gasteiger charge is -2.46. The predicted molar refractivity (Wildman–Crippen MR) is 109 cm³/mol. The molecule has 2 atom stereocenters. The molecule has 2 aliphatic rings. The van der Waals surface area contributed by atoms with Gasteiger partial charge in [-0.1, -0.05) is 25.0 Å². The molecule has 150 valence electrons. The molecule has 5 nitrogen and oxygen atoms in total. The number of phenolic OH excluding ortho intramolecular Hbond substituents is 1. The van der Waals surface area contributed by atoms with Gasteiger partial charge in [-0.3, -0.25) is 9.69 Å². The molecule has 1 aliphatic carbocycles. The van der Waals surface area contributed by atoms with E-state index in [0.717, 1.165) is 12.0 Å². The van der Waals surface area contributed by atoms with Crippen molar-refractivity contribution in [2.24, 2.45) is 0 Å². The largest absolute Gasteiger partial charge is 0.508 e. The molecule has 2 unspecified atom stereocenters. The second-order valence-corrected chi connectivity index (χ2v) is 8.47. The Balaban J connectivity index is 1.64. The molecule has 27 heavy (non-hydrogen) atoms. The van der Waals surface area contributed by atoms with Crippen molar-refractivity contribution >= 4 is 5.91 Å². The Hall–Kier alpha value is -1.59. The van der Waals surface area contributed by atoms with Crippen molar-refractivity contribution in [3.05, 3.63) is 29.8 Å². The number of likely N-dealkylation sites (tertiary alicyclic amines) is 1. The van der Waals surface area contributed by atoms with Crippen molar-refractivity contribution in [1.29, 1.82) is 0 Å². The number of hydrogen-bond acceptors (Lipinski definition) is 4. The fourth-order valence-corrected chi connectivity index (χ4v) is 4.79. The minimum absolute atomic E-state index is 0.175. The van der Waals surface area contributed by atoms with Gasteiger partial charge < -0.3 is 14.9 Å². The molecule has 2 fully saturated rings. The predicted octanol–water partition coefficient (Wildman–Crippen LogP) is 2.73. The van der Waals surface area contributed by atoms with E-state index in [2.05, 4.69) is 23.9 Å². The fraction of sp³-hybridized carbons (Fsp3) is 0.682. The van der Waals surface area contributed by atoms with Crippen LogP contribution in [0.25, 0.3) is 0 Å². The quantitative estimate of drug-likeness (QED) is 0.862. The number of amides is 1. The van der Waals surface area contributed by atoms with Gasteiger partial charge in [0.05, 0.1) is 6.42 Å². The first-order chi connectivity index (χ1) is 13.0. The van der Waals surface area contributed by atoms with E-state index in [9.17, 15) is 9.90 Å². The van der Waals surface area contributed by atoms with Gasteiger partial charge in [0.1, 0.15) is 5.75 Å². The number of carbonyl (C=O) groups excluding carboxylic acids is 1. The van der Waals surface area contributed by atoms with E-state index in [1.54, 1.807) is 12.1 Å². The van der Waals surface area contributed by atoms with Crippen LogP contribution in [-0.4, -0.2) is 78.1 Å². The van der Waals surface area contributed by atoms with Gasteiger partial charge in [-0.15, -0.1) is 0 Å². The van der Waals surface area contributed by atoms with Crippen molar-refractivity contribution in [1.82, 2.24) is 14.7 Å². The maximum Gasteiger partial charge on any atom is 0.227 e. The Morgan fingerprint density at radius 1 is 1.04 bits per heavy atom. The minimum Gasteiger partial charge on any atom is -0.508 e. The van der Waals surface area contributed by atoms with E-state index in [4.69, 9.17) is 0 Å². The normalized spacial score (nSPS) is 24.9. The third kappa shape index (κ3) is 5.02. The van der Waals surface area contributed by atoms with E-state index in [0.29, 0.717) is 24.5 Å². The molecule has 1 aromatic rings. The Kier molecular flexibility index (Phi) is 6.77.